The molecule has 1 aliphatic rings. The van der Waals surface area contributed by atoms with Gasteiger partial charge in [-0.1, -0.05) is 0 Å². The van der Waals surface area contributed by atoms with E-state index in [9.17, 15) is 14.4 Å². The van der Waals surface area contributed by atoms with E-state index in [1.807, 2.05) is 4.90 Å². The molecule has 0 saturated carbocycles. The molecule has 0 radical (unpaired) electrons. The molecule has 1 heterocycles. The summed E-state index contributed by atoms with van der Waals surface area (Å²) in [4.78, 5) is 39.4. The van der Waals surface area contributed by atoms with Gasteiger partial charge in [0.2, 0.25) is 0 Å². The lowest BCUT2D eigenvalue weighted by Gasteiger charge is -2.33. The van der Waals surface area contributed by atoms with Gasteiger partial charge in [0.15, 0.2) is 11.5 Å². The van der Waals surface area contributed by atoms with Crippen molar-refractivity contribution in [3.8, 4) is 11.5 Å². The van der Waals surface area contributed by atoms with E-state index in [4.69, 9.17) is 14.2 Å². The van der Waals surface area contributed by atoms with Crippen molar-refractivity contribution in [1.29, 1.82) is 0 Å². The Morgan fingerprint density at radius 2 is 1.68 bits per heavy atom. The number of benzene rings is 1. The number of hydrogen-bond donors (Lipinski definition) is 2. The normalized spacial score (nSPS) is 14.2. The SMILES string of the molecule is CCOC(=O)N1CCN(CC(=O)NNC(=O)c2ccc(OC)c(OC)c2)CC1. The highest BCUT2D eigenvalue weighted by Crippen LogP contribution is 2.27. The van der Waals surface area contributed by atoms with E-state index in [1.165, 1.54) is 20.3 Å². The lowest BCUT2D eigenvalue weighted by molar-refractivity contribution is -0.123. The van der Waals surface area contributed by atoms with Gasteiger partial charge in [0.1, 0.15) is 0 Å². The van der Waals surface area contributed by atoms with Gasteiger partial charge in [-0.25, -0.2) is 4.79 Å². The largest absolute Gasteiger partial charge is 0.493 e. The average Bonchev–Trinajstić information content (AvgIpc) is 2.72. The molecule has 1 aromatic rings. The zero-order valence-corrected chi connectivity index (χ0v) is 16.3. The van der Waals surface area contributed by atoms with Crippen molar-refractivity contribution in [3.63, 3.8) is 0 Å². The number of amides is 3. The third-order valence-corrected chi connectivity index (χ3v) is 4.23. The number of carbonyl (C=O) groups excluding carboxylic acids is 3. The van der Waals surface area contributed by atoms with Crippen LogP contribution in [0.25, 0.3) is 0 Å². The molecule has 0 bridgehead atoms. The predicted octanol–water partition coefficient (Wildman–Crippen LogP) is 0.239. The van der Waals surface area contributed by atoms with Crippen LogP contribution in [-0.4, -0.2) is 81.3 Å². The maximum Gasteiger partial charge on any atom is 0.409 e. The van der Waals surface area contributed by atoms with Crippen LogP contribution >= 0.6 is 0 Å². The highest BCUT2D eigenvalue weighted by molar-refractivity contribution is 5.96. The van der Waals surface area contributed by atoms with Crippen molar-refractivity contribution >= 4 is 17.9 Å². The zero-order valence-electron chi connectivity index (χ0n) is 16.3. The van der Waals surface area contributed by atoms with Crippen molar-refractivity contribution in [1.82, 2.24) is 20.7 Å². The van der Waals surface area contributed by atoms with Crippen LogP contribution in [0.2, 0.25) is 0 Å². The first kappa shape index (κ1) is 21.3. The summed E-state index contributed by atoms with van der Waals surface area (Å²) in [5.41, 5.74) is 5.09. The number of nitrogens with one attached hydrogen (secondary N) is 2. The standard InChI is InChI=1S/C18H26N4O6/c1-4-28-18(25)22-9-7-21(8-10-22)12-16(23)19-20-17(24)13-5-6-14(26-2)15(11-13)27-3/h5-6,11H,4,7-10,12H2,1-3H3,(H,19,23)(H,20,24). The van der Waals surface area contributed by atoms with Crippen LogP contribution in [0.15, 0.2) is 18.2 Å². The second kappa shape index (κ2) is 10.4. The van der Waals surface area contributed by atoms with Crippen LogP contribution in [0, 0.1) is 0 Å². The maximum absolute atomic E-state index is 12.2. The Kier molecular flexibility index (Phi) is 7.88. The molecular formula is C18H26N4O6. The van der Waals surface area contributed by atoms with Crippen LogP contribution in [-0.2, 0) is 9.53 Å². The van der Waals surface area contributed by atoms with Gasteiger partial charge < -0.3 is 19.1 Å². The summed E-state index contributed by atoms with van der Waals surface area (Å²) in [6.45, 7) is 4.29. The van der Waals surface area contributed by atoms with E-state index in [1.54, 1.807) is 24.0 Å². The van der Waals surface area contributed by atoms with E-state index in [0.29, 0.717) is 49.8 Å². The van der Waals surface area contributed by atoms with Crippen molar-refractivity contribution < 1.29 is 28.6 Å². The molecule has 0 aromatic heterocycles. The summed E-state index contributed by atoms with van der Waals surface area (Å²) in [5.74, 6) is 0.103. The van der Waals surface area contributed by atoms with E-state index in [2.05, 4.69) is 10.9 Å². The predicted molar refractivity (Wildman–Crippen MR) is 100 cm³/mol. The summed E-state index contributed by atoms with van der Waals surface area (Å²) in [6.07, 6.45) is -0.339. The highest BCUT2D eigenvalue weighted by Gasteiger charge is 2.23. The molecular weight excluding hydrogens is 368 g/mol. The molecule has 1 aromatic carbocycles. The quantitative estimate of drug-likeness (QED) is 0.665. The second-order valence-electron chi connectivity index (χ2n) is 6.03. The summed E-state index contributed by atoms with van der Waals surface area (Å²) in [6, 6.07) is 4.70. The highest BCUT2D eigenvalue weighted by atomic mass is 16.6. The number of methoxy groups -OCH3 is 2. The topological polar surface area (TPSA) is 109 Å². The van der Waals surface area contributed by atoms with E-state index in [-0.39, 0.29) is 18.5 Å². The monoisotopic (exact) mass is 394 g/mol. The molecule has 1 saturated heterocycles. The lowest BCUT2D eigenvalue weighted by atomic mass is 10.2. The molecule has 28 heavy (non-hydrogen) atoms. The molecule has 1 aliphatic heterocycles. The molecule has 0 spiro atoms. The second-order valence-corrected chi connectivity index (χ2v) is 6.03. The van der Waals surface area contributed by atoms with Crippen LogP contribution in [0.3, 0.4) is 0 Å². The Morgan fingerprint density at radius 1 is 1.00 bits per heavy atom. The minimum absolute atomic E-state index is 0.114. The number of hydrazine groups is 1. The average molecular weight is 394 g/mol. The molecule has 2 rings (SSSR count). The number of rotatable bonds is 6. The molecule has 0 unspecified atom stereocenters. The molecule has 3 amide bonds. The minimum Gasteiger partial charge on any atom is -0.493 e. The molecule has 2 N–H and O–H groups in total. The summed E-state index contributed by atoms with van der Waals surface area (Å²) in [5, 5.41) is 0. The fourth-order valence-electron chi connectivity index (χ4n) is 2.72. The van der Waals surface area contributed by atoms with Crippen LogP contribution in [0.1, 0.15) is 17.3 Å². The van der Waals surface area contributed by atoms with Gasteiger partial charge in [0, 0.05) is 31.7 Å². The van der Waals surface area contributed by atoms with Crippen molar-refractivity contribution in [2.75, 3.05) is 53.6 Å². The molecule has 10 heteroatoms. The van der Waals surface area contributed by atoms with Crippen molar-refractivity contribution in [2.24, 2.45) is 0 Å². The van der Waals surface area contributed by atoms with E-state index >= 15 is 0 Å². The van der Waals surface area contributed by atoms with E-state index < -0.39 is 5.91 Å². The van der Waals surface area contributed by atoms with Gasteiger partial charge in [0.05, 0.1) is 27.4 Å². The Morgan fingerprint density at radius 3 is 2.29 bits per heavy atom. The third-order valence-electron chi connectivity index (χ3n) is 4.23. The van der Waals surface area contributed by atoms with Gasteiger partial charge in [-0.2, -0.15) is 0 Å². The van der Waals surface area contributed by atoms with Gasteiger partial charge in [-0.05, 0) is 25.1 Å². The molecule has 0 atom stereocenters. The number of hydrogen-bond acceptors (Lipinski definition) is 7. The fourth-order valence-corrected chi connectivity index (χ4v) is 2.72. The summed E-state index contributed by atoms with van der Waals surface area (Å²) in [7, 11) is 2.98. The minimum atomic E-state index is -0.471. The number of carbonyl (C=O) groups is 3. The fraction of sp³-hybridized carbons (Fsp3) is 0.500. The first-order valence-corrected chi connectivity index (χ1v) is 8.93. The van der Waals surface area contributed by atoms with Crippen LogP contribution in [0.5, 0.6) is 11.5 Å². The molecule has 1 fully saturated rings. The Bertz CT molecular complexity index is 703. The molecule has 10 nitrogen and oxygen atoms in total. The molecule has 154 valence electrons. The number of ether oxygens (including phenoxy) is 3. The van der Waals surface area contributed by atoms with Gasteiger partial charge in [-0.15, -0.1) is 0 Å². The number of piperazine rings is 1. The summed E-state index contributed by atoms with van der Waals surface area (Å²) >= 11 is 0. The Hall–Kier alpha value is -3.01. The lowest BCUT2D eigenvalue weighted by Crippen LogP contribution is -2.53. The smallest absolute Gasteiger partial charge is 0.409 e. The Labute approximate surface area is 163 Å². The van der Waals surface area contributed by atoms with Crippen LogP contribution in [0.4, 0.5) is 4.79 Å². The van der Waals surface area contributed by atoms with Crippen LogP contribution < -0.4 is 20.3 Å². The van der Waals surface area contributed by atoms with E-state index in [0.717, 1.165) is 0 Å². The Balaban J connectivity index is 1.77. The van der Waals surface area contributed by atoms with Gasteiger partial charge >= 0.3 is 6.09 Å². The first-order valence-electron chi connectivity index (χ1n) is 8.93. The maximum atomic E-state index is 12.2. The summed E-state index contributed by atoms with van der Waals surface area (Å²) < 4.78 is 15.2. The van der Waals surface area contributed by atoms with Crippen molar-refractivity contribution in [2.45, 2.75) is 6.92 Å². The zero-order chi connectivity index (χ0) is 20.5. The van der Waals surface area contributed by atoms with Crippen molar-refractivity contribution in [3.05, 3.63) is 23.8 Å². The third kappa shape index (κ3) is 5.74. The molecule has 0 aliphatic carbocycles. The van der Waals surface area contributed by atoms with Gasteiger partial charge in [-0.3, -0.25) is 25.3 Å². The van der Waals surface area contributed by atoms with Gasteiger partial charge in [0.25, 0.3) is 11.8 Å². The first-order chi connectivity index (χ1) is 13.5. The number of nitrogens with zero attached hydrogens (tertiary/aromatic N) is 2.